The van der Waals surface area contributed by atoms with E-state index in [-0.39, 0.29) is 0 Å². The Morgan fingerprint density at radius 3 is 2.74 bits per heavy atom. The summed E-state index contributed by atoms with van der Waals surface area (Å²) in [5.41, 5.74) is 1.73. The molecule has 0 radical (unpaired) electrons. The van der Waals surface area contributed by atoms with E-state index >= 15 is 0 Å². The number of hydrogen-bond acceptors (Lipinski definition) is 3. The van der Waals surface area contributed by atoms with Crippen LogP contribution >= 0.6 is 11.6 Å². The largest absolute Gasteiger partial charge is 0.369 e. The van der Waals surface area contributed by atoms with E-state index in [4.69, 9.17) is 11.6 Å². The van der Waals surface area contributed by atoms with E-state index < -0.39 is 0 Å². The molecule has 2 heterocycles. The Morgan fingerprint density at radius 1 is 1.21 bits per heavy atom. The highest BCUT2D eigenvalue weighted by Gasteiger charge is 2.30. The normalized spacial score (nSPS) is 24.1. The number of anilines is 1. The van der Waals surface area contributed by atoms with E-state index in [0.717, 1.165) is 30.6 Å². The first kappa shape index (κ1) is 12.9. The number of carbonyl (C=O) groups is 1. The second-order valence-electron chi connectivity index (χ2n) is 5.45. The van der Waals surface area contributed by atoms with E-state index in [9.17, 15) is 4.79 Å². The molecule has 0 N–H and O–H groups in total. The Balaban J connectivity index is 1.76. The van der Waals surface area contributed by atoms with Gasteiger partial charge in [-0.2, -0.15) is 0 Å². The van der Waals surface area contributed by atoms with Crippen molar-refractivity contribution in [2.45, 2.75) is 25.3 Å². The first-order valence-corrected chi connectivity index (χ1v) is 7.39. The van der Waals surface area contributed by atoms with Gasteiger partial charge in [-0.1, -0.05) is 11.6 Å². The van der Waals surface area contributed by atoms with Crippen LogP contribution in [-0.4, -0.2) is 43.4 Å². The zero-order valence-electron chi connectivity index (χ0n) is 11.0. The van der Waals surface area contributed by atoms with E-state index in [1.807, 2.05) is 12.1 Å². The number of carbonyl (C=O) groups excluding carboxylic acids is 1. The molecule has 1 atom stereocenters. The highest BCUT2D eigenvalue weighted by Crippen LogP contribution is 2.29. The molecule has 0 bridgehead atoms. The van der Waals surface area contributed by atoms with Crippen LogP contribution in [-0.2, 0) is 0 Å². The van der Waals surface area contributed by atoms with Crippen LogP contribution in [0.2, 0.25) is 5.02 Å². The number of aldehydes is 1. The zero-order valence-corrected chi connectivity index (χ0v) is 11.8. The van der Waals surface area contributed by atoms with E-state index in [0.29, 0.717) is 11.1 Å². The second kappa shape index (κ2) is 5.51. The zero-order chi connectivity index (χ0) is 13.2. The van der Waals surface area contributed by atoms with Gasteiger partial charge < -0.3 is 4.90 Å². The number of hydrogen-bond donors (Lipinski definition) is 0. The fourth-order valence-electron chi connectivity index (χ4n) is 3.26. The summed E-state index contributed by atoms with van der Waals surface area (Å²) < 4.78 is 0. The Kier molecular flexibility index (Phi) is 3.76. The summed E-state index contributed by atoms with van der Waals surface area (Å²) >= 11 is 6.06. The maximum absolute atomic E-state index is 11.2. The first-order chi connectivity index (χ1) is 9.28. The van der Waals surface area contributed by atoms with E-state index in [1.54, 1.807) is 6.07 Å². The summed E-state index contributed by atoms with van der Waals surface area (Å²) in [7, 11) is 0. The van der Waals surface area contributed by atoms with Gasteiger partial charge in [-0.25, -0.2) is 0 Å². The van der Waals surface area contributed by atoms with Crippen molar-refractivity contribution in [2.75, 3.05) is 31.1 Å². The monoisotopic (exact) mass is 278 g/mol. The van der Waals surface area contributed by atoms with Crippen molar-refractivity contribution >= 4 is 23.6 Å². The molecule has 2 saturated heterocycles. The standard InChI is InChI=1S/C15H19ClN2O/c16-13-4-3-12(11-19)15(9-13)18-8-5-14(10-18)17-6-1-2-7-17/h3-4,9,11,14H,1-2,5-8,10H2. The minimum Gasteiger partial charge on any atom is -0.369 e. The molecule has 102 valence electrons. The predicted octanol–water partition coefficient (Wildman–Crippen LogP) is 2.83. The highest BCUT2D eigenvalue weighted by molar-refractivity contribution is 6.31. The van der Waals surface area contributed by atoms with Gasteiger partial charge in [0.1, 0.15) is 0 Å². The van der Waals surface area contributed by atoms with Crippen molar-refractivity contribution in [3.63, 3.8) is 0 Å². The molecule has 19 heavy (non-hydrogen) atoms. The molecule has 2 aliphatic heterocycles. The van der Waals surface area contributed by atoms with Crippen molar-refractivity contribution in [1.82, 2.24) is 4.90 Å². The van der Waals surface area contributed by atoms with Crippen molar-refractivity contribution in [2.24, 2.45) is 0 Å². The highest BCUT2D eigenvalue weighted by atomic mass is 35.5. The topological polar surface area (TPSA) is 23.6 Å². The molecule has 0 amide bonds. The molecule has 1 aromatic rings. The molecule has 3 rings (SSSR count). The van der Waals surface area contributed by atoms with Crippen molar-refractivity contribution in [1.29, 1.82) is 0 Å². The molecular weight excluding hydrogens is 260 g/mol. The van der Waals surface area contributed by atoms with Gasteiger partial charge in [0.05, 0.1) is 0 Å². The lowest BCUT2D eigenvalue weighted by atomic mass is 10.2. The fraction of sp³-hybridized carbons (Fsp3) is 0.533. The van der Waals surface area contributed by atoms with Gasteiger partial charge in [0.15, 0.2) is 6.29 Å². The number of nitrogens with zero attached hydrogens (tertiary/aromatic N) is 2. The van der Waals surface area contributed by atoms with E-state index in [2.05, 4.69) is 9.80 Å². The molecule has 1 aromatic carbocycles. The number of halogens is 1. The summed E-state index contributed by atoms with van der Waals surface area (Å²) in [6, 6.07) is 6.15. The summed E-state index contributed by atoms with van der Waals surface area (Å²) in [6.45, 7) is 4.49. The van der Waals surface area contributed by atoms with E-state index in [1.165, 1.54) is 32.4 Å². The van der Waals surface area contributed by atoms with Crippen LogP contribution in [0.1, 0.15) is 29.6 Å². The molecule has 0 spiro atoms. The molecule has 0 saturated carbocycles. The molecule has 3 nitrogen and oxygen atoms in total. The van der Waals surface area contributed by atoms with Crippen molar-refractivity contribution in [3.8, 4) is 0 Å². The third-order valence-corrected chi connectivity index (χ3v) is 4.52. The SMILES string of the molecule is O=Cc1ccc(Cl)cc1N1CCC(N2CCCC2)C1. The third kappa shape index (κ3) is 2.63. The van der Waals surface area contributed by atoms with Crippen molar-refractivity contribution < 1.29 is 4.79 Å². The van der Waals surface area contributed by atoms with Crippen molar-refractivity contribution in [3.05, 3.63) is 28.8 Å². The van der Waals surface area contributed by atoms with Gasteiger partial charge in [-0.05, 0) is 50.6 Å². The summed E-state index contributed by atoms with van der Waals surface area (Å²) in [5, 5.41) is 0.699. The van der Waals surface area contributed by atoms with Gasteiger partial charge >= 0.3 is 0 Å². The Morgan fingerprint density at radius 2 is 2.00 bits per heavy atom. The molecule has 2 fully saturated rings. The first-order valence-electron chi connectivity index (χ1n) is 7.01. The summed E-state index contributed by atoms with van der Waals surface area (Å²) in [5.74, 6) is 0. The minimum absolute atomic E-state index is 0.640. The predicted molar refractivity (Wildman–Crippen MR) is 78.3 cm³/mol. The fourth-order valence-corrected chi connectivity index (χ4v) is 3.42. The maximum Gasteiger partial charge on any atom is 0.152 e. The minimum atomic E-state index is 0.640. The molecule has 2 aliphatic rings. The summed E-state index contributed by atoms with van der Waals surface area (Å²) in [6.07, 6.45) is 4.76. The third-order valence-electron chi connectivity index (χ3n) is 4.28. The van der Waals surface area contributed by atoms with Crippen LogP contribution < -0.4 is 4.90 Å². The maximum atomic E-state index is 11.2. The Hall–Kier alpha value is -1.06. The van der Waals surface area contributed by atoms with Gasteiger partial charge in [-0.3, -0.25) is 9.69 Å². The second-order valence-corrected chi connectivity index (χ2v) is 5.89. The van der Waals surface area contributed by atoms with Gasteiger partial charge in [0.25, 0.3) is 0 Å². The van der Waals surface area contributed by atoms with Crippen LogP contribution in [0.4, 0.5) is 5.69 Å². The average molecular weight is 279 g/mol. The van der Waals surface area contributed by atoms with Crippen LogP contribution in [0.25, 0.3) is 0 Å². The average Bonchev–Trinajstić information content (AvgIpc) is 3.09. The number of rotatable bonds is 3. The van der Waals surface area contributed by atoms with Gasteiger partial charge in [0.2, 0.25) is 0 Å². The number of benzene rings is 1. The van der Waals surface area contributed by atoms with Crippen LogP contribution in [0.15, 0.2) is 18.2 Å². The molecule has 4 heteroatoms. The quantitative estimate of drug-likeness (QED) is 0.795. The number of likely N-dealkylation sites (tertiary alicyclic amines) is 1. The Bertz CT molecular complexity index is 471. The molecule has 0 aliphatic carbocycles. The van der Waals surface area contributed by atoms with Gasteiger partial charge in [0, 0.05) is 35.4 Å². The lowest BCUT2D eigenvalue weighted by molar-refractivity contribution is 0.112. The smallest absolute Gasteiger partial charge is 0.152 e. The lowest BCUT2D eigenvalue weighted by Gasteiger charge is -2.25. The van der Waals surface area contributed by atoms with Crippen LogP contribution in [0.5, 0.6) is 0 Å². The lowest BCUT2D eigenvalue weighted by Crippen LogP contribution is -2.35. The molecule has 1 unspecified atom stereocenters. The van der Waals surface area contributed by atoms with Gasteiger partial charge in [-0.15, -0.1) is 0 Å². The molecular formula is C15H19ClN2O. The summed E-state index contributed by atoms with van der Waals surface area (Å²) in [4.78, 5) is 16.0. The van der Waals surface area contributed by atoms with Crippen LogP contribution in [0.3, 0.4) is 0 Å². The van der Waals surface area contributed by atoms with Crippen LogP contribution in [0, 0.1) is 0 Å². The molecule has 0 aromatic heterocycles. The Labute approximate surface area is 119 Å².